The van der Waals surface area contributed by atoms with E-state index >= 15 is 0 Å². The molecule has 17 heavy (non-hydrogen) atoms. The average molecular weight is 297 g/mol. The van der Waals surface area contributed by atoms with Crippen LogP contribution in [0.15, 0.2) is 34.9 Å². The lowest BCUT2D eigenvalue weighted by atomic mass is 10.2. The number of aromatic nitrogens is 2. The highest BCUT2D eigenvalue weighted by Gasteiger charge is 2.09. The van der Waals surface area contributed by atoms with E-state index in [4.69, 9.17) is 5.11 Å². The summed E-state index contributed by atoms with van der Waals surface area (Å²) in [6, 6.07) is 5.54. The first-order valence-electron chi connectivity index (χ1n) is 4.59. The van der Waals surface area contributed by atoms with Crippen LogP contribution in [0.2, 0.25) is 0 Å². The summed E-state index contributed by atoms with van der Waals surface area (Å²) in [6.07, 6.45) is 1.35. The smallest absolute Gasteiger partial charge is 0.354 e. The van der Waals surface area contributed by atoms with Gasteiger partial charge >= 0.3 is 5.97 Å². The second kappa shape index (κ2) is 4.58. The van der Waals surface area contributed by atoms with Crippen molar-refractivity contribution in [3.8, 4) is 11.4 Å². The maximum absolute atomic E-state index is 13.0. The van der Waals surface area contributed by atoms with E-state index in [1.807, 2.05) is 0 Å². The van der Waals surface area contributed by atoms with Crippen LogP contribution in [0.1, 0.15) is 10.5 Å². The first kappa shape index (κ1) is 11.7. The van der Waals surface area contributed by atoms with Crippen LogP contribution in [-0.4, -0.2) is 21.0 Å². The van der Waals surface area contributed by atoms with Gasteiger partial charge in [0.05, 0.1) is 4.47 Å². The van der Waals surface area contributed by atoms with E-state index in [1.54, 1.807) is 0 Å². The number of carboxylic acid groups (broad SMARTS) is 1. The minimum atomic E-state index is -1.13. The quantitative estimate of drug-likeness (QED) is 0.925. The van der Waals surface area contributed by atoms with Gasteiger partial charge in [-0.1, -0.05) is 0 Å². The fourth-order valence-corrected chi connectivity index (χ4v) is 1.63. The molecular formula is C11H6BrFN2O2. The van der Waals surface area contributed by atoms with Crippen molar-refractivity contribution in [3.63, 3.8) is 0 Å². The van der Waals surface area contributed by atoms with E-state index in [0.29, 0.717) is 5.56 Å². The third kappa shape index (κ3) is 2.47. The highest BCUT2D eigenvalue weighted by atomic mass is 79.9. The van der Waals surface area contributed by atoms with Crippen LogP contribution in [-0.2, 0) is 0 Å². The molecule has 0 aliphatic rings. The number of rotatable bonds is 2. The van der Waals surface area contributed by atoms with Gasteiger partial charge in [0.1, 0.15) is 5.82 Å². The van der Waals surface area contributed by atoms with Crippen molar-refractivity contribution in [2.75, 3.05) is 0 Å². The van der Waals surface area contributed by atoms with E-state index in [-0.39, 0.29) is 16.0 Å². The van der Waals surface area contributed by atoms with Crippen LogP contribution < -0.4 is 0 Å². The Labute approximate surface area is 104 Å². The fraction of sp³-hybridized carbons (Fsp3) is 0. The van der Waals surface area contributed by atoms with Crippen LogP contribution in [0.5, 0.6) is 0 Å². The Hall–Kier alpha value is -1.82. The molecule has 0 atom stereocenters. The molecule has 0 saturated heterocycles. The Bertz CT molecular complexity index is 589. The number of hydrogen-bond donors (Lipinski definition) is 1. The lowest BCUT2D eigenvalue weighted by molar-refractivity contribution is 0.0690. The Morgan fingerprint density at radius 2 is 2.12 bits per heavy atom. The summed E-state index contributed by atoms with van der Waals surface area (Å²) in [5.41, 5.74) is 0.442. The third-order valence-corrected chi connectivity index (χ3v) is 2.66. The van der Waals surface area contributed by atoms with Gasteiger partial charge < -0.3 is 5.11 Å². The summed E-state index contributed by atoms with van der Waals surface area (Å²) in [5, 5.41) is 8.80. The monoisotopic (exact) mass is 296 g/mol. The molecule has 0 spiro atoms. The standard InChI is InChI=1S/C11H6BrFN2O2/c12-7-5-6(1-2-8(7)13)10-14-4-3-9(15-10)11(16)17/h1-5H,(H,16,17). The van der Waals surface area contributed by atoms with Gasteiger partial charge in [-0.3, -0.25) is 0 Å². The highest BCUT2D eigenvalue weighted by Crippen LogP contribution is 2.22. The molecule has 0 bridgehead atoms. The van der Waals surface area contributed by atoms with Crippen LogP contribution >= 0.6 is 15.9 Å². The van der Waals surface area contributed by atoms with Crippen LogP contribution in [0.25, 0.3) is 11.4 Å². The van der Waals surface area contributed by atoms with Gasteiger partial charge in [0.25, 0.3) is 0 Å². The van der Waals surface area contributed by atoms with Gasteiger partial charge in [0.2, 0.25) is 0 Å². The largest absolute Gasteiger partial charge is 0.477 e. The lowest BCUT2D eigenvalue weighted by Gasteiger charge is -2.02. The molecule has 0 saturated carbocycles. The normalized spacial score (nSPS) is 10.2. The predicted octanol–water partition coefficient (Wildman–Crippen LogP) is 2.74. The molecule has 0 unspecified atom stereocenters. The molecule has 2 aromatic rings. The maximum atomic E-state index is 13.0. The number of halogens is 2. The molecule has 0 fully saturated rings. The topological polar surface area (TPSA) is 63.1 Å². The van der Waals surface area contributed by atoms with E-state index in [9.17, 15) is 9.18 Å². The number of nitrogens with zero attached hydrogens (tertiary/aromatic N) is 2. The van der Waals surface area contributed by atoms with Crippen LogP contribution in [0.3, 0.4) is 0 Å². The van der Waals surface area contributed by atoms with Gasteiger partial charge in [-0.2, -0.15) is 0 Å². The molecule has 0 aliphatic carbocycles. The second-order valence-electron chi connectivity index (χ2n) is 3.20. The SMILES string of the molecule is O=C(O)c1ccnc(-c2ccc(F)c(Br)c2)n1. The molecule has 0 amide bonds. The Morgan fingerprint density at radius 3 is 2.76 bits per heavy atom. The zero-order chi connectivity index (χ0) is 12.4. The van der Waals surface area contributed by atoms with Gasteiger partial charge in [0, 0.05) is 11.8 Å². The molecule has 1 aromatic heterocycles. The zero-order valence-electron chi connectivity index (χ0n) is 8.39. The first-order valence-corrected chi connectivity index (χ1v) is 5.39. The molecule has 1 N–H and O–H groups in total. The van der Waals surface area contributed by atoms with Crippen molar-refractivity contribution < 1.29 is 14.3 Å². The Balaban J connectivity index is 2.49. The van der Waals surface area contributed by atoms with Crippen molar-refractivity contribution in [1.29, 1.82) is 0 Å². The first-order chi connectivity index (χ1) is 8.08. The maximum Gasteiger partial charge on any atom is 0.354 e. The minimum absolute atomic E-state index is 0.101. The van der Waals surface area contributed by atoms with Gasteiger partial charge in [-0.15, -0.1) is 0 Å². The number of hydrogen-bond acceptors (Lipinski definition) is 3. The van der Waals surface area contributed by atoms with Crippen LogP contribution in [0.4, 0.5) is 4.39 Å². The van der Waals surface area contributed by atoms with Crippen molar-refractivity contribution in [2.45, 2.75) is 0 Å². The Kier molecular flexibility index (Phi) is 3.14. The molecule has 2 rings (SSSR count). The Morgan fingerprint density at radius 1 is 1.35 bits per heavy atom. The van der Waals surface area contributed by atoms with E-state index in [2.05, 4.69) is 25.9 Å². The fourth-order valence-electron chi connectivity index (χ4n) is 1.25. The van der Waals surface area contributed by atoms with Crippen molar-refractivity contribution in [2.24, 2.45) is 0 Å². The van der Waals surface area contributed by atoms with Crippen molar-refractivity contribution in [1.82, 2.24) is 9.97 Å². The zero-order valence-corrected chi connectivity index (χ0v) is 9.98. The molecule has 86 valence electrons. The van der Waals surface area contributed by atoms with E-state index in [1.165, 1.54) is 30.5 Å². The van der Waals surface area contributed by atoms with E-state index in [0.717, 1.165) is 0 Å². The average Bonchev–Trinajstić information content (AvgIpc) is 2.33. The summed E-state index contributed by atoms with van der Waals surface area (Å²) in [5.74, 6) is -1.29. The van der Waals surface area contributed by atoms with E-state index < -0.39 is 11.8 Å². The molecule has 1 aromatic carbocycles. The van der Waals surface area contributed by atoms with Crippen LogP contribution in [0, 0.1) is 5.82 Å². The predicted molar refractivity (Wildman–Crippen MR) is 62.1 cm³/mol. The molecule has 6 heteroatoms. The minimum Gasteiger partial charge on any atom is -0.477 e. The summed E-state index contributed by atoms with van der Waals surface area (Å²) >= 11 is 3.04. The molecule has 4 nitrogen and oxygen atoms in total. The summed E-state index contributed by atoms with van der Waals surface area (Å²) in [4.78, 5) is 18.6. The number of benzene rings is 1. The molecular weight excluding hydrogens is 291 g/mol. The van der Waals surface area contributed by atoms with Gasteiger partial charge in [-0.25, -0.2) is 19.2 Å². The van der Waals surface area contributed by atoms with Gasteiger partial charge in [-0.05, 0) is 40.2 Å². The van der Waals surface area contributed by atoms with Crippen molar-refractivity contribution in [3.05, 3.63) is 46.4 Å². The molecule has 0 aliphatic heterocycles. The van der Waals surface area contributed by atoms with Crippen molar-refractivity contribution >= 4 is 21.9 Å². The van der Waals surface area contributed by atoms with Gasteiger partial charge in [0.15, 0.2) is 11.5 Å². The summed E-state index contributed by atoms with van der Waals surface area (Å²) in [6.45, 7) is 0. The molecule has 1 heterocycles. The summed E-state index contributed by atoms with van der Waals surface area (Å²) < 4.78 is 13.3. The number of carboxylic acids is 1. The third-order valence-electron chi connectivity index (χ3n) is 2.05. The molecule has 0 radical (unpaired) electrons. The number of carbonyl (C=O) groups is 1. The highest BCUT2D eigenvalue weighted by molar-refractivity contribution is 9.10. The number of aromatic carboxylic acids is 1. The summed E-state index contributed by atoms with van der Waals surface area (Å²) in [7, 11) is 0. The second-order valence-corrected chi connectivity index (χ2v) is 4.05. The lowest BCUT2D eigenvalue weighted by Crippen LogP contribution is -2.02.